The summed E-state index contributed by atoms with van der Waals surface area (Å²) < 4.78 is 38.6. The number of amides is 1. The molecular weight excluding hydrogens is 514 g/mol. The Morgan fingerprint density at radius 3 is 2.42 bits per heavy atom. The van der Waals surface area contributed by atoms with Crippen LogP contribution in [-0.2, 0) is 41.6 Å². The number of nitrogens with zero attached hydrogens (tertiary/aromatic N) is 2. The minimum Gasteiger partial charge on any atom is -0.491 e. The molecule has 1 amide bonds. The third kappa shape index (κ3) is 5.22. The molecule has 0 radical (unpaired) electrons. The average molecular weight is 552 g/mol. The highest BCUT2D eigenvalue weighted by molar-refractivity contribution is 5.82. The number of carbonyl (C=O) groups excluding carboxylic acids is 1. The fourth-order valence-corrected chi connectivity index (χ4v) is 5.70. The molecule has 0 bridgehead atoms. The van der Waals surface area contributed by atoms with Crippen LogP contribution in [0.3, 0.4) is 0 Å². The van der Waals surface area contributed by atoms with Crippen LogP contribution in [0.15, 0.2) is 48.5 Å². The standard InChI is InChI=1S/C30H37N3O7/c1-17(2)35-21-14-10-7-11-18(21)16-33-20-13-9-8-12-19(20)32-22(33)15-31-27(34)25-23-24(38-29(3,4)37-23)26-28(36-25)40-30(5,6)39-26/h7-14,17,23-26,28H,15-16H2,1-6H3,(H,31,34). The largest absolute Gasteiger partial charge is 0.491 e. The minimum atomic E-state index is -0.941. The van der Waals surface area contributed by atoms with Crippen LogP contribution in [0.5, 0.6) is 5.75 Å². The van der Waals surface area contributed by atoms with Crippen LogP contribution in [0, 0.1) is 0 Å². The Hall–Kier alpha value is -3.02. The summed E-state index contributed by atoms with van der Waals surface area (Å²) in [6.07, 6.45) is -3.29. The van der Waals surface area contributed by atoms with Gasteiger partial charge in [0.25, 0.3) is 5.91 Å². The van der Waals surface area contributed by atoms with Gasteiger partial charge in [-0.15, -0.1) is 0 Å². The number of fused-ring (bicyclic) bond motifs is 4. The van der Waals surface area contributed by atoms with E-state index in [-0.39, 0.29) is 18.6 Å². The molecule has 0 aliphatic carbocycles. The van der Waals surface area contributed by atoms with E-state index in [0.29, 0.717) is 12.4 Å². The van der Waals surface area contributed by atoms with Crippen molar-refractivity contribution < 1.29 is 33.2 Å². The molecule has 5 atom stereocenters. The first kappa shape index (κ1) is 27.2. The zero-order valence-corrected chi connectivity index (χ0v) is 23.7. The van der Waals surface area contributed by atoms with E-state index in [4.69, 9.17) is 33.4 Å². The number of hydrogen-bond donors (Lipinski definition) is 1. The van der Waals surface area contributed by atoms with Crippen LogP contribution in [-0.4, -0.2) is 63.8 Å². The monoisotopic (exact) mass is 551 g/mol. The molecule has 4 heterocycles. The highest BCUT2D eigenvalue weighted by Gasteiger charge is 2.62. The number of para-hydroxylation sites is 3. The number of hydrogen-bond acceptors (Lipinski definition) is 8. The predicted molar refractivity (Wildman–Crippen MR) is 145 cm³/mol. The topological polar surface area (TPSA) is 102 Å². The molecule has 6 rings (SSSR count). The predicted octanol–water partition coefficient (Wildman–Crippen LogP) is 3.88. The van der Waals surface area contributed by atoms with Crippen LogP contribution < -0.4 is 10.1 Å². The molecule has 5 unspecified atom stereocenters. The molecule has 3 aromatic rings. The maximum Gasteiger partial charge on any atom is 0.252 e. The zero-order valence-electron chi connectivity index (χ0n) is 23.7. The third-order valence-electron chi connectivity index (χ3n) is 7.23. The van der Waals surface area contributed by atoms with E-state index in [1.54, 1.807) is 0 Å². The number of aromatic nitrogens is 2. The number of imidazole rings is 1. The molecule has 3 fully saturated rings. The van der Waals surface area contributed by atoms with Gasteiger partial charge >= 0.3 is 0 Å². The van der Waals surface area contributed by atoms with Gasteiger partial charge in [0, 0.05) is 5.56 Å². The number of rotatable bonds is 7. The Morgan fingerprint density at radius 2 is 1.62 bits per heavy atom. The molecule has 40 heavy (non-hydrogen) atoms. The van der Waals surface area contributed by atoms with E-state index in [9.17, 15) is 4.79 Å². The quantitative estimate of drug-likeness (QED) is 0.472. The second kappa shape index (κ2) is 10.1. The highest BCUT2D eigenvalue weighted by atomic mass is 16.9. The summed E-state index contributed by atoms with van der Waals surface area (Å²) >= 11 is 0. The molecule has 10 nitrogen and oxygen atoms in total. The molecule has 0 spiro atoms. The molecular formula is C30H37N3O7. The number of nitrogens with one attached hydrogen (secondary N) is 1. The van der Waals surface area contributed by atoms with E-state index in [1.807, 2.05) is 90.1 Å². The Bertz CT molecular complexity index is 1400. The van der Waals surface area contributed by atoms with E-state index >= 15 is 0 Å². The average Bonchev–Trinajstić information content (AvgIpc) is 3.51. The van der Waals surface area contributed by atoms with E-state index < -0.39 is 42.3 Å². The Morgan fingerprint density at radius 1 is 0.950 bits per heavy atom. The number of benzene rings is 2. The van der Waals surface area contributed by atoms with Crippen molar-refractivity contribution in [2.75, 3.05) is 0 Å². The van der Waals surface area contributed by atoms with Gasteiger partial charge in [0.1, 0.15) is 29.9 Å². The van der Waals surface area contributed by atoms with Crippen LogP contribution in [0.25, 0.3) is 11.0 Å². The first-order chi connectivity index (χ1) is 19.0. The molecule has 3 aliphatic heterocycles. The van der Waals surface area contributed by atoms with Crippen molar-refractivity contribution in [2.24, 2.45) is 0 Å². The van der Waals surface area contributed by atoms with Crippen LogP contribution >= 0.6 is 0 Å². The molecule has 1 aromatic heterocycles. The summed E-state index contributed by atoms with van der Waals surface area (Å²) in [7, 11) is 0. The summed E-state index contributed by atoms with van der Waals surface area (Å²) in [6.45, 7) is 12.0. The van der Waals surface area contributed by atoms with Crippen molar-refractivity contribution in [3.05, 3.63) is 59.9 Å². The van der Waals surface area contributed by atoms with Gasteiger partial charge in [0.15, 0.2) is 24.0 Å². The van der Waals surface area contributed by atoms with E-state index in [0.717, 1.165) is 22.3 Å². The minimum absolute atomic E-state index is 0.0462. The normalized spacial score (nSPS) is 28.4. The lowest BCUT2D eigenvalue weighted by Gasteiger charge is -2.36. The van der Waals surface area contributed by atoms with Gasteiger partial charge in [0.05, 0.1) is 30.2 Å². The van der Waals surface area contributed by atoms with Crippen LogP contribution in [0.1, 0.15) is 52.9 Å². The zero-order chi connectivity index (χ0) is 28.2. The second-order valence-corrected chi connectivity index (χ2v) is 11.7. The number of carbonyl (C=O) groups is 1. The lowest BCUT2D eigenvalue weighted by Crippen LogP contribution is -2.59. The highest BCUT2D eigenvalue weighted by Crippen LogP contribution is 2.44. The maximum atomic E-state index is 13.6. The van der Waals surface area contributed by atoms with Crippen molar-refractivity contribution in [2.45, 2.75) is 103 Å². The van der Waals surface area contributed by atoms with Gasteiger partial charge in [-0.1, -0.05) is 30.3 Å². The first-order valence-corrected chi connectivity index (χ1v) is 13.8. The van der Waals surface area contributed by atoms with E-state index in [2.05, 4.69) is 9.88 Å². The molecule has 3 aliphatic rings. The van der Waals surface area contributed by atoms with Crippen molar-refractivity contribution >= 4 is 16.9 Å². The maximum absolute atomic E-state index is 13.6. The Kier molecular flexibility index (Phi) is 6.87. The van der Waals surface area contributed by atoms with Crippen LogP contribution in [0.4, 0.5) is 0 Å². The van der Waals surface area contributed by atoms with Crippen molar-refractivity contribution in [3.63, 3.8) is 0 Å². The van der Waals surface area contributed by atoms with Crippen molar-refractivity contribution in [1.29, 1.82) is 0 Å². The molecule has 3 saturated heterocycles. The van der Waals surface area contributed by atoms with Gasteiger partial charge in [-0.05, 0) is 59.7 Å². The summed E-state index contributed by atoms with van der Waals surface area (Å²) in [6, 6.07) is 15.9. The Balaban J connectivity index is 1.24. The SMILES string of the molecule is CC(C)Oc1ccccc1Cn1c(CNC(=O)C2OC3OC(C)(C)OC3C3OC(C)(C)OC23)nc2ccccc21. The smallest absolute Gasteiger partial charge is 0.252 e. The fraction of sp³-hybridized carbons (Fsp3) is 0.533. The summed E-state index contributed by atoms with van der Waals surface area (Å²) in [5, 5.41) is 3.03. The number of ether oxygens (including phenoxy) is 6. The van der Waals surface area contributed by atoms with Crippen molar-refractivity contribution in [3.8, 4) is 5.75 Å². The first-order valence-electron chi connectivity index (χ1n) is 13.8. The summed E-state index contributed by atoms with van der Waals surface area (Å²) in [5.74, 6) is -0.539. The molecule has 1 N–H and O–H groups in total. The van der Waals surface area contributed by atoms with Gasteiger partial charge in [0.2, 0.25) is 0 Å². The van der Waals surface area contributed by atoms with Crippen LogP contribution in [0.2, 0.25) is 0 Å². The van der Waals surface area contributed by atoms with Gasteiger partial charge < -0.3 is 38.3 Å². The Labute approximate surface area is 233 Å². The lowest BCUT2D eigenvalue weighted by molar-refractivity contribution is -0.231. The molecule has 2 aromatic carbocycles. The van der Waals surface area contributed by atoms with Crippen molar-refractivity contribution in [1.82, 2.24) is 14.9 Å². The van der Waals surface area contributed by atoms with Gasteiger partial charge in [-0.25, -0.2) is 4.98 Å². The molecule has 10 heteroatoms. The van der Waals surface area contributed by atoms with Gasteiger partial charge in [-0.2, -0.15) is 0 Å². The van der Waals surface area contributed by atoms with Gasteiger partial charge in [-0.3, -0.25) is 4.79 Å². The van der Waals surface area contributed by atoms with E-state index in [1.165, 1.54) is 0 Å². The fourth-order valence-electron chi connectivity index (χ4n) is 5.70. The summed E-state index contributed by atoms with van der Waals surface area (Å²) in [5.41, 5.74) is 2.84. The molecule has 214 valence electrons. The third-order valence-corrected chi connectivity index (χ3v) is 7.23. The second-order valence-electron chi connectivity index (χ2n) is 11.7. The lowest BCUT2D eigenvalue weighted by atomic mass is 9.98. The molecule has 0 saturated carbocycles. The summed E-state index contributed by atoms with van der Waals surface area (Å²) in [4.78, 5) is 18.5.